The number of Topliss-reactive ketones (excluding diaryl/α,β-unsaturated/α-hetero) is 1. The highest BCUT2D eigenvalue weighted by atomic mass is 19.2. The van der Waals surface area contributed by atoms with Crippen molar-refractivity contribution in [2.24, 2.45) is 0 Å². The van der Waals surface area contributed by atoms with Crippen molar-refractivity contribution in [1.29, 1.82) is 0 Å². The smallest absolute Gasteiger partial charge is 0.377 e. The molecular formula is C10H9F2NO3. The van der Waals surface area contributed by atoms with Crippen LogP contribution in [0, 0.1) is 11.6 Å². The first-order chi connectivity index (χ1) is 7.36. The Labute approximate surface area is 90.1 Å². The zero-order valence-electron chi connectivity index (χ0n) is 8.62. The molecule has 0 aliphatic rings. The van der Waals surface area contributed by atoms with Gasteiger partial charge < -0.3 is 10.0 Å². The maximum absolute atomic E-state index is 13.4. The molecule has 0 aliphatic heterocycles. The predicted octanol–water partition coefficient (Wildman–Crippen LogP) is 1.30. The minimum Gasteiger partial charge on any atom is -0.475 e. The second-order valence-electron chi connectivity index (χ2n) is 3.29. The molecule has 0 amide bonds. The summed E-state index contributed by atoms with van der Waals surface area (Å²) in [4.78, 5) is 22.9. The van der Waals surface area contributed by atoms with E-state index in [1.54, 1.807) is 0 Å². The highest BCUT2D eigenvalue weighted by molar-refractivity contribution is 6.41. The van der Waals surface area contributed by atoms with Gasteiger partial charge >= 0.3 is 5.97 Å². The van der Waals surface area contributed by atoms with Gasteiger partial charge in [0.25, 0.3) is 5.78 Å². The summed E-state index contributed by atoms with van der Waals surface area (Å²) in [6, 6.07) is 1.67. The van der Waals surface area contributed by atoms with E-state index in [9.17, 15) is 18.4 Å². The average molecular weight is 229 g/mol. The zero-order chi connectivity index (χ0) is 12.5. The fourth-order valence-electron chi connectivity index (χ4n) is 1.28. The Balaban J connectivity index is 3.46. The van der Waals surface area contributed by atoms with E-state index in [1.165, 1.54) is 14.1 Å². The number of carbonyl (C=O) groups excluding carboxylic acids is 1. The number of hydrogen-bond acceptors (Lipinski definition) is 3. The van der Waals surface area contributed by atoms with Crippen molar-refractivity contribution < 1.29 is 23.5 Å². The molecular weight excluding hydrogens is 220 g/mol. The van der Waals surface area contributed by atoms with Gasteiger partial charge in [0.05, 0.1) is 11.3 Å². The fraction of sp³-hybridized carbons (Fsp3) is 0.200. The molecule has 1 rings (SSSR count). The van der Waals surface area contributed by atoms with E-state index in [0.29, 0.717) is 0 Å². The summed E-state index contributed by atoms with van der Waals surface area (Å²) in [6.07, 6.45) is 0. The molecule has 0 heterocycles. The second kappa shape index (κ2) is 4.26. The van der Waals surface area contributed by atoms with E-state index in [-0.39, 0.29) is 11.3 Å². The third-order valence-corrected chi connectivity index (χ3v) is 1.96. The number of carbonyl (C=O) groups is 2. The Bertz CT molecular complexity index is 458. The second-order valence-corrected chi connectivity index (χ2v) is 3.29. The van der Waals surface area contributed by atoms with E-state index in [0.717, 1.165) is 17.0 Å². The van der Waals surface area contributed by atoms with Crippen LogP contribution < -0.4 is 4.90 Å². The molecule has 0 saturated heterocycles. The first-order valence-corrected chi connectivity index (χ1v) is 4.29. The van der Waals surface area contributed by atoms with E-state index in [2.05, 4.69) is 0 Å². The van der Waals surface area contributed by atoms with Gasteiger partial charge in [-0.15, -0.1) is 0 Å². The largest absolute Gasteiger partial charge is 0.475 e. The number of hydrogen-bond donors (Lipinski definition) is 1. The molecule has 86 valence electrons. The number of benzene rings is 1. The molecule has 0 radical (unpaired) electrons. The molecule has 0 saturated carbocycles. The Hall–Kier alpha value is -1.98. The molecule has 1 N–H and O–H groups in total. The van der Waals surface area contributed by atoms with Crippen molar-refractivity contribution in [3.8, 4) is 0 Å². The summed E-state index contributed by atoms with van der Waals surface area (Å²) in [5.41, 5.74) is -0.746. The van der Waals surface area contributed by atoms with Gasteiger partial charge in [0.2, 0.25) is 0 Å². The molecule has 0 spiro atoms. The number of carboxylic acid groups (broad SMARTS) is 1. The first kappa shape index (κ1) is 12.1. The molecule has 0 fully saturated rings. The summed E-state index contributed by atoms with van der Waals surface area (Å²) < 4.78 is 26.3. The minimum absolute atomic E-state index is 0.368. The van der Waals surface area contributed by atoms with Gasteiger partial charge in [-0.25, -0.2) is 13.6 Å². The lowest BCUT2D eigenvalue weighted by Crippen LogP contribution is -2.20. The average Bonchev–Trinajstić information content (AvgIpc) is 2.20. The van der Waals surface area contributed by atoms with Crippen LogP contribution in [-0.2, 0) is 4.79 Å². The lowest BCUT2D eigenvalue weighted by Gasteiger charge is -2.16. The van der Waals surface area contributed by atoms with Crippen molar-refractivity contribution in [2.75, 3.05) is 19.0 Å². The molecule has 1 aromatic rings. The summed E-state index contributed by atoms with van der Waals surface area (Å²) in [6.45, 7) is 0. The third-order valence-electron chi connectivity index (χ3n) is 1.96. The number of aliphatic carboxylic acids is 1. The predicted molar refractivity (Wildman–Crippen MR) is 52.7 cm³/mol. The molecule has 0 bridgehead atoms. The van der Waals surface area contributed by atoms with E-state index in [4.69, 9.17) is 5.11 Å². The number of ketones is 1. The van der Waals surface area contributed by atoms with Crippen molar-refractivity contribution in [3.63, 3.8) is 0 Å². The van der Waals surface area contributed by atoms with E-state index >= 15 is 0 Å². The SMILES string of the molecule is CN(C)c1c(C(=O)C(=O)O)ccc(F)c1F. The quantitative estimate of drug-likeness (QED) is 0.627. The molecule has 0 atom stereocenters. The molecule has 0 aromatic heterocycles. The van der Waals surface area contributed by atoms with Crippen LogP contribution in [0.3, 0.4) is 0 Å². The van der Waals surface area contributed by atoms with Crippen molar-refractivity contribution in [1.82, 2.24) is 0 Å². The van der Waals surface area contributed by atoms with Crippen LogP contribution in [0.15, 0.2) is 12.1 Å². The van der Waals surface area contributed by atoms with Crippen LogP contribution in [0.5, 0.6) is 0 Å². The van der Waals surface area contributed by atoms with Gasteiger partial charge in [-0.05, 0) is 12.1 Å². The Morgan fingerprint density at radius 2 is 1.81 bits per heavy atom. The van der Waals surface area contributed by atoms with Crippen molar-refractivity contribution >= 4 is 17.4 Å². The maximum Gasteiger partial charge on any atom is 0.377 e. The summed E-state index contributed by atoms with van der Waals surface area (Å²) in [5, 5.41) is 8.52. The van der Waals surface area contributed by atoms with Crippen LogP contribution >= 0.6 is 0 Å². The highest BCUT2D eigenvalue weighted by Gasteiger charge is 2.24. The van der Waals surface area contributed by atoms with Crippen LogP contribution in [0.2, 0.25) is 0 Å². The van der Waals surface area contributed by atoms with E-state index < -0.39 is 23.4 Å². The molecule has 0 unspecified atom stereocenters. The topological polar surface area (TPSA) is 57.6 Å². The molecule has 0 aliphatic carbocycles. The lowest BCUT2D eigenvalue weighted by atomic mass is 10.1. The van der Waals surface area contributed by atoms with Gasteiger partial charge in [-0.3, -0.25) is 4.79 Å². The molecule has 1 aromatic carbocycles. The zero-order valence-corrected chi connectivity index (χ0v) is 8.62. The van der Waals surface area contributed by atoms with Gasteiger partial charge in [-0.2, -0.15) is 0 Å². The van der Waals surface area contributed by atoms with Crippen molar-refractivity contribution in [2.45, 2.75) is 0 Å². The fourth-order valence-corrected chi connectivity index (χ4v) is 1.28. The maximum atomic E-state index is 13.4. The standard InChI is InChI=1S/C10H9F2NO3/c1-13(2)8-5(9(14)10(15)16)3-4-6(11)7(8)12/h3-4H,1-2H3,(H,15,16). The summed E-state index contributed by atoms with van der Waals surface area (Å²) in [7, 11) is 2.77. The normalized spacial score (nSPS) is 10.0. The van der Waals surface area contributed by atoms with Gasteiger partial charge in [0.1, 0.15) is 0 Å². The lowest BCUT2D eigenvalue weighted by molar-refractivity contribution is -0.131. The van der Waals surface area contributed by atoms with Gasteiger partial charge in [0.15, 0.2) is 11.6 Å². The number of nitrogens with zero attached hydrogens (tertiary/aromatic N) is 1. The van der Waals surface area contributed by atoms with Gasteiger partial charge in [0, 0.05) is 14.1 Å². The summed E-state index contributed by atoms with van der Waals surface area (Å²) >= 11 is 0. The van der Waals surface area contributed by atoms with Gasteiger partial charge in [-0.1, -0.05) is 0 Å². The van der Waals surface area contributed by atoms with Crippen molar-refractivity contribution in [3.05, 3.63) is 29.3 Å². The van der Waals surface area contributed by atoms with Crippen LogP contribution in [0.1, 0.15) is 10.4 Å². The van der Waals surface area contributed by atoms with Crippen LogP contribution in [-0.4, -0.2) is 31.0 Å². The van der Waals surface area contributed by atoms with Crippen LogP contribution in [0.25, 0.3) is 0 Å². The Morgan fingerprint density at radius 1 is 1.25 bits per heavy atom. The molecule has 16 heavy (non-hydrogen) atoms. The summed E-state index contributed by atoms with van der Waals surface area (Å²) in [5.74, 6) is -5.36. The Kier molecular flexibility index (Phi) is 3.22. The number of halogens is 2. The monoisotopic (exact) mass is 229 g/mol. The van der Waals surface area contributed by atoms with E-state index in [1.807, 2.05) is 0 Å². The first-order valence-electron chi connectivity index (χ1n) is 4.29. The highest BCUT2D eigenvalue weighted by Crippen LogP contribution is 2.25. The molecule has 6 heteroatoms. The minimum atomic E-state index is -1.71. The van der Waals surface area contributed by atoms with Crippen LogP contribution in [0.4, 0.5) is 14.5 Å². The molecule has 4 nitrogen and oxygen atoms in total. The third kappa shape index (κ3) is 2.00. The number of carboxylic acids is 1. The number of rotatable bonds is 3. The number of anilines is 1. The Morgan fingerprint density at radius 3 is 2.25 bits per heavy atom.